The van der Waals surface area contributed by atoms with Crippen LogP contribution in [0.3, 0.4) is 0 Å². The van der Waals surface area contributed by atoms with Gasteiger partial charge in [0.05, 0.1) is 6.54 Å². The summed E-state index contributed by atoms with van der Waals surface area (Å²) in [5, 5.41) is 0. The van der Waals surface area contributed by atoms with Gasteiger partial charge >= 0.3 is 0 Å². The van der Waals surface area contributed by atoms with Crippen molar-refractivity contribution >= 4 is 11.6 Å². The molecule has 0 unspecified atom stereocenters. The summed E-state index contributed by atoms with van der Waals surface area (Å²) in [5.74, 6) is -0.0592. The van der Waals surface area contributed by atoms with E-state index in [0.29, 0.717) is 6.54 Å². The summed E-state index contributed by atoms with van der Waals surface area (Å²) < 4.78 is 13.6. The fourth-order valence-corrected chi connectivity index (χ4v) is 4.16. The molecule has 130 valence electrons. The maximum atomic E-state index is 13.6. The highest BCUT2D eigenvalue weighted by Crippen LogP contribution is 2.33. The molecule has 1 saturated heterocycles. The van der Waals surface area contributed by atoms with Gasteiger partial charge in [-0.05, 0) is 61.6 Å². The monoisotopic (exact) mass is 338 g/mol. The Balaban J connectivity index is 1.51. The third-order valence-electron chi connectivity index (χ3n) is 5.35. The van der Waals surface area contributed by atoms with Crippen LogP contribution in [0.1, 0.15) is 36.4 Å². The Hall–Kier alpha value is -2.20. The summed E-state index contributed by atoms with van der Waals surface area (Å²) in [6.45, 7) is 2.08. The van der Waals surface area contributed by atoms with Crippen molar-refractivity contribution in [2.45, 2.75) is 31.7 Å². The lowest BCUT2D eigenvalue weighted by Crippen LogP contribution is -2.42. The first-order chi connectivity index (χ1) is 12.2. The molecule has 2 heterocycles. The Labute approximate surface area is 148 Å². The van der Waals surface area contributed by atoms with Gasteiger partial charge in [-0.2, -0.15) is 0 Å². The molecule has 1 fully saturated rings. The summed E-state index contributed by atoms with van der Waals surface area (Å²) in [7, 11) is 0. The molecular formula is C21H23FN2O. The van der Waals surface area contributed by atoms with Crippen LogP contribution in [0.25, 0.3) is 0 Å². The van der Waals surface area contributed by atoms with E-state index in [-0.39, 0.29) is 17.8 Å². The molecule has 4 rings (SSSR count). The van der Waals surface area contributed by atoms with Gasteiger partial charge in [0.25, 0.3) is 0 Å². The number of anilines is 1. The fraction of sp³-hybridized carbons (Fsp3) is 0.381. The van der Waals surface area contributed by atoms with Crippen molar-refractivity contribution in [3.8, 4) is 0 Å². The van der Waals surface area contributed by atoms with Gasteiger partial charge in [-0.25, -0.2) is 4.39 Å². The molecule has 0 aromatic heterocycles. The quantitative estimate of drug-likeness (QED) is 0.846. The minimum atomic E-state index is -0.208. The van der Waals surface area contributed by atoms with Gasteiger partial charge < -0.3 is 4.90 Å². The molecule has 0 radical (unpaired) electrons. The van der Waals surface area contributed by atoms with Crippen molar-refractivity contribution in [3.63, 3.8) is 0 Å². The minimum absolute atomic E-state index is 0.139. The number of nitrogens with zero attached hydrogens (tertiary/aromatic N) is 2. The van der Waals surface area contributed by atoms with E-state index in [1.54, 1.807) is 12.1 Å². The molecule has 3 nitrogen and oxygen atoms in total. The van der Waals surface area contributed by atoms with Crippen LogP contribution in [-0.4, -0.2) is 30.4 Å². The Morgan fingerprint density at radius 3 is 2.84 bits per heavy atom. The summed E-state index contributed by atoms with van der Waals surface area (Å²) in [6.07, 6.45) is 4.07. The van der Waals surface area contributed by atoms with Gasteiger partial charge in [0.1, 0.15) is 5.82 Å². The predicted octanol–water partition coefficient (Wildman–Crippen LogP) is 3.94. The molecule has 0 saturated carbocycles. The molecule has 0 N–H and O–H groups in total. The van der Waals surface area contributed by atoms with Crippen molar-refractivity contribution in [3.05, 3.63) is 65.5 Å². The number of aryl methyl sites for hydroxylation is 1. The average Bonchev–Trinajstić information content (AvgIpc) is 3.09. The van der Waals surface area contributed by atoms with Crippen LogP contribution >= 0.6 is 0 Å². The maximum absolute atomic E-state index is 13.6. The lowest BCUT2D eigenvalue weighted by atomic mass is 10.0. The Morgan fingerprint density at radius 1 is 1.08 bits per heavy atom. The number of carbonyl (C=O) groups is 1. The maximum Gasteiger partial charge on any atom is 0.241 e. The zero-order valence-electron chi connectivity index (χ0n) is 14.3. The van der Waals surface area contributed by atoms with Gasteiger partial charge in [-0.15, -0.1) is 0 Å². The van der Waals surface area contributed by atoms with Crippen LogP contribution in [0.4, 0.5) is 10.1 Å². The standard InChI is InChI=1S/C21H23FN2O/c22-18-9-3-7-17(14-18)19-11-5-12-23(19)15-21(25)24-13-4-8-16-6-1-2-10-20(16)24/h1-3,6-7,9-10,14,19H,4-5,8,11-13,15H2/t19-/m0/s1. The molecular weight excluding hydrogens is 315 g/mol. The molecule has 0 aliphatic carbocycles. The fourth-order valence-electron chi connectivity index (χ4n) is 4.16. The van der Waals surface area contributed by atoms with Crippen LogP contribution in [-0.2, 0) is 11.2 Å². The molecule has 1 amide bonds. The molecule has 2 aromatic rings. The number of fused-ring (bicyclic) bond motifs is 1. The SMILES string of the molecule is O=C(CN1CCC[C@H]1c1cccc(F)c1)N1CCCc2ccccc21. The smallest absolute Gasteiger partial charge is 0.241 e. The third kappa shape index (κ3) is 3.31. The van der Waals surface area contributed by atoms with Crippen molar-refractivity contribution < 1.29 is 9.18 Å². The number of para-hydroxylation sites is 1. The summed E-state index contributed by atoms with van der Waals surface area (Å²) in [4.78, 5) is 17.1. The highest BCUT2D eigenvalue weighted by molar-refractivity contribution is 5.96. The number of likely N-dealkylation sites (tertiary alicyclic amines) is 1. The highest BCUT2D eigenvalue weighted by atomic mass is 19.1. The van der Waals surface area contributed by atoms with Crippen molar-refractivity contribution in [1.29, 1.82) is 0 Å². The van der Waals surface area contributed by atoms with Crippen LogP contribution in [0.5, 0.6) is 0 Å². The van der Waals surface area contributed by atoms with Gasteiger partial charge in [0.15, 0.2) is 0 Å². The second-order valence-electron chi connectivity index (χ2n) is 6.96. The molecule has 0 bridgehead atoms. The van der Waals surface area contributed by atoms with E-state index in [1.165, 1.54) is 11.6 Å². The Bertz CT molecular complexity index is 776. The first-order valence-corrected chi connectivity index (χ1v) is 9.10. The van der Waals surface area contributed by atoms with E-state index < -0.39 is 0 Å². The largest absolute Gasteiger partial charge is 0.311 e. The first-order valence-electron chi connectivity index (χ1n) is 9.10. The van der Waals surface area contributed by atoms with E-state index in [1.807, 2.05) is 29.2 Å². The van der Waals surface area contributed by atoms with Crippen LogP contribution in [0, 0.1) is 5.82 Å². The molecule has 2 aliphatic rings. The minimum Gasteiger partial charge on any atom is -0.311 e. The van der Waals surface area contributed by atoms with E-state index in [0.717, 1.165) is 50.0 Å². The summed E-state index contributed by atoms with van der Waals surface area (Å²) in [6, 6.07) is 15.1. The molecule has 1 atom stereocenters. The highest BCUT2D eigenvalue weighted by Gasteiger charge is 2.30. The van der Waals surface area contributed by atoms with Crippen molar-refractivity contribution in [2.75, 3.05) is 24.5 Å². The van der Waals surface area contributed by atoms with Crippen LogP contribution in [0.15, 0.2) is 48.5 Å². The number of carbonyl (C=O) groups excluding carboxylic acids is 1. The predicted molar refractivity (Wildman–Crippen MR) is 97.1 cm³/mol. The van der Waals surface area contributed by atoms with E-state index in [4.69, 9.17) is 0 Å². The molecule has 2 aliphatic heterocycles. The third-order valence-corrected chi connectivity index (χ3v) is 5.35. The van der Waals surface area contributed by atoms with Crippen molar-refractivity contribution in [2.24, 2.45) is 0 Å². The van der Waals surface area contributed by atoms with Crippen LogP contribution in [0.2, 0.25) is 0 Å². The number of halogens is 1. The number of hydrogen-bond acceptors (Lipinski definition) is 2. The Morgan fingerprint density at radius 2 is 1.96 bits per heavy atom. The lowest BCUT2D eigenvalue weighted by molar-refractivity contribution is -0.120. The van der Waals surface area contributed by atoms with Crippen LogP contribution < -0.4 is 4.90 Å². The molecule has 25 heavy (non-hydrogen) atoms. The van der Waals surface area contributed by atoms with E-state index in [9.17, 15) is 9.18 Å². The van der Waals surface area contributed by atoms with Gasteiger partial charge in [0, 0.05) is 18.3 Å². The topological polar surface area (TPSA) is 23.6 Å². The van der Waals surface area contributed by atoms with E-state index >= 15 is 0 Å². The average molecular weight is 338 g/mol. The second-order valence-corrected chi connectivity index (χ2v) is 6.96. The molecule has 4 heteroatoms. The summed E-state index contributed by atoms with van der Waals surface area (Å²) in [5.41, 5.74) is 3.29. The van der Waals surface area contributed by atoms with Gasteiger partial charge in [-0.3, -0.25) is 9.69 Å². The molecule has 2 aromatic carbocycles. The van der Waals surface area contributed by atoms with Gasteiger partial charge in [-0.1, -0.05) is 30.3 Å². The van der Waals surface area contributed by atoms with E-state index in [2.05, 4.69) is 11.0 Å². The second kappa shape index (κ2) is 6.96. The zero-order chi connectivity index (χ0) is 17.2. The number of amides is 1. The normalized spacial score (nSPS) is 20.5. The number of hydrogen-bond donors (Lipinski definition) is 0. The first kappa shape index (κ1) is 16.3. The van der Waals surface area contributed by atoms with Gasteiger partial charge in [0.2, 0.25) is 5.91 Å². The molecule has 0 spiro atoms. The zero-order valence-corrected chi connectivity index (χ0v) is 14.3. The number of benzene rings is 2. The summed E-state index contributed by atoms with van der Waals surface area (Å²) >= 11 is 0. The van der Waals surface area contributed by atoms with Crippen molar-refractivity contribution in [1.82, 2.24) is 4.90 Å². The Kier molecular flexibility index (Phi) is 4.53. The number of rotatable bonds is 3. The lowest BCUT2D eigenvalue weighted by Gasteiger charge is -2.32.